The van der Waals surface area contributed by atoms with Gasteiger partial charge in [0.05, 0.1) is 19.8 Å². The molecule has 0 fully saturated rings. The minimum atomic E-state index is -0.897. The summed E-state index contributed by atoms with van der Waals surface area (Å²) in [4.78, 5) is 2.23. The van der Waals surface area contributed by atoms with Gasteiger partial charge in [0.1, 0.15) is 0 Å². The number of methoxy groups -OCH3 is 2. The molecule has 0 bridgehead atoms. The van der Waals surface area contributed by atoms with E-state index in [0.29, 0.717) is 12.5 Å². The van der Waals surface area contributed by atoms with Gasteiger partial charge in [0.25, 0.3) is 0 Å². The van der Waals surface area contributed by atoms with Crippen LogP contribution in [0.15, 0.2) is 30.9 Å². The molecule has 22 heavy (non-hydrogen) atoms. The molecular weight excluding hydrogens is 278 g/mol. The summed E-state index contributed by atoms with van der Waals surface area (Å²) in [5, 5.41) is 10.3. The summed E-state index contributed by atoms with van der Waals surface area (Å²) in [6.45, 7) is 12.0. The van der Waals surface area contributed by atoms with Crippen molar-refractivity contribution in [2.24, 2.45) is 5.92 Å². The second-order valence-corrected chi connectivity index (χ2v) is 6.31. The molecule has 0 aliphatic rings. The molecule has 0 aromatic heterocycles. The third-order valence-corrected chi connectivity index (χ3v) is 3.46. The minimum Gasteiger partial charge on any atom is -0.493 e. The summed E-state index contributed by atoms with van der Waals surface area (Å²) >= 11 is 0. The van der Waals surface area contributed by atoms with E-state index in [1.807, 2.05) is 18.2 Å². The minimum absolute atomic E-state index is 0.515. The standard InChI is InChI=1S/C18H29NO3/c1-7-18(4,20)13-19(11-14(2)3)12-15-8-9-16(21-5)17(10-15)22-6/h7-10,14,20H,1,11-13H2,2-6H3/t18-/m0/s1. The van der Waals surface area contributed by atoms with E-state index < -0.39 is 5.60 Å². The number of rotatable bonds is 9. The van der Waals surface area contributed by atoms with Crippen LogP contribution in [0, 0.1) is 5.92 Å². The maximum atomic E-state index is 10.3. The average Bonchev–Trinajstić information content (AvgIpc) is 2.45. The quantitative estimate of drug-likeness (QED) is 0.712. The Hall–Kier alpha value is -1.52. The number of hydrogen-bond acceptors (Lipinski definition) is 4. The molecule has 0 saturated heterocycles. The van der Waals surface area contributed by atoms with E-state index in [9.17, 15) is 5.11 Å². The Balaban J connectivity index is 2.91. The lowest BCUT2D eigenvalue weighted by Crippen LogP contribution is -2.40. The van der Waals surface area contributed by atoms with Crippen LogP contribution in [-0.2, 0) is 6.54 Å². The normalized spacial score (nSPS) is 14.0. The summed E-state index contributed by atoms with van der Waals surface area (Å²) in [6.07, 6.45) is 1.59. The van der Waals surface area contributed by atoms with Crippen molar-refractivity contribution in [3.05, 3.63) is 36.4 Å². The molecule has 0 heterocycles. The van der Waals surface area contributed by atoms with Crippen LogP contribution in [0.25, 0.3) is 0 Å². The molecule has 1 aromatic carbocycles. The molecule has 0 unspecified atom stereocenters. The molecule has 4 heteroatoms. The summed E-state index contributed by atoms with van der Waals surface area (Å²) in [5.41, 5.74) is 0.226. The third-order valence-electron chi connectivity index (χ3n) is 3.46. The number of ether oxygens (including phenoxy) is 2. The molecule has 0 amide bonds. The number of hydrogen-bond donors (Lipinski definition) is 1. The van der Waals surface area contributed by atoms with Crippen LogP contribution >= 0.6 is 0 Å². The maximum Gasteiger partial charge on any atom is 0.161 e. The molecule has 0 aliphatic carbocycles. The average molecular weight is 307 g/mol. The number of nitrogens with zero attached hydrogens (tertiary/aromatic N) is 1. The maximum absolute atomic E-state index is 10.3. The first-order valence-corrected chi connectivity index (χ1v) is 7.60. The third kappa shape index (κ3) is 5.70. The van der Waals surface area contributed by atoms with E-state index in [0.717, 1.165) is 30.2 Å². The largest absolute Gasteiger partial charge is 0.493 e. The zero-order valence-corrected chi connectivity index (χ0v) is 14.4. The lowest BCUT2D eigenvalue weighted by molar-refractivity contribution is 0.0541. The molecule has 0 spiro atoms. The summed E-state index contributed by atoms with van der Waals surface area (Å²) < 4.78 is 10.6. The topological polar surface area (TPSA) is 41.9 Å². The fraction of sp³-hybridized carbons (Fsp3) is 0.556. The van der Waals surface area contributed by atoms with Gasteiger partial charge < -0.3 is 14.6 Å². The lowest BCUT2D eigenvalue weighted by Gasteiger charge is -2.31. The zero-order chi connectivity index (χ0) is 16.8. The highest BCUT2D eigenvalue weighted by molar-refractivity contribution is 5.42. The van der Waals surface area contributed by atoms with Gasteiger partial charge in [-0.25, -0.2) is 0 Å². The Labute approximate surface area is 134 Å². The Morgan fingerprint density at radius 2 is 1.91 bits per heavy atom. The van der Waals surface area contributed by atoms with Gasteiger partial charge in [0, 0.05) is 19.6 Å². The summed E-state index contributed by atoms with van der Waals surface area (Å²) in [7, 11) is 3.26. The Kier molecular flexibility index (Phi) is 6.91. The van der Waals surface area contributed by atoms with Gasteiger partial charge in [-0.1, -0.05) is 26.0 Å². The van der Waals surface area contributed by atoms with Gasteiger partial charge in [-0.15, -0.1) is 6.58 Å². The molecule has 0 saturated carbocycles. The second kappa shape index (κ2) is 8.20. The van der Waals surface area contributed by atoms with E-state index in [1.54, 1.807) is 27.2 Å². The molecule has 1 N–H and O–H groups in total. The van der Waals surface area contributed by atoms with Crippen LogP contribution in [0.2, 0.25) is 0 Å². The summed E-state index contributed by atoms with van der Waals surface area (Å²) in [5.74, 6) is 1.96. The van der Waals surface area contributed by atoms with Gasteiger partial charge in [0.2, 0.25) is 0 Å². The van der Waals surface area contributed by atoms with Gasteiger partial charge in [-0.05, 0) is 30.5 Å². The van der Waals surface area contributed by atoms with E-state index in [4.69, 9.17) is 9.47 Å². The van der Waals surface area contributed by atoms with Gasteiger partial charge in [-0.2, -0.15) is 0 Å². The molecule has 1 atom stereocenters. The number of aliphatic hydroxyl groups is 1. The molecule has 124 valence electrons. The van der Waals surface area contributed by atoms with Crippen LogP contribution in [0.5, 0.6) is 11.5 Å². The molecule has 1 aromatic rings. The van der Waals surface area contributed by atoms with Gasteiger partial charge in [-0.3, -0.25) is 4.90 Å². The Morgan fingerprint density at radius 3 is 2.41 bits per heavy atom. The van der Waals surface area contributed by atoms with Crippen LogP contribution in [0.1, 0.15) is 26.3 Å². The molecule has 0 aliphatic heterocycles. The molecular formula is C18H29NO3. The predicted molar refractivity (Wildman–Crippen MR) is 90.5 cm³/mol. The van der Waals surface area contributed by atoms with Gasteiger partial charge >= 0.3 is 0 Å². The van der Waals surface area contributed by atoms with Crippen LogP contribution in [0.3, 0.4) is 0 Å². The van der Waals surface area contributed by atoms with Crippen molar-refractivity contribution in [2.75, 3.05) is 27.3 Å². The number of benzene rings is 1. The fourth-order valence-corrected chi connectivity index (χ4v) is 2.46. The first-order valence-electron chi connectivity index (χ1n) is 7.60. The van der Waals surface area contributed by atoms with Crippen LogP contribution < -0.4 is 9.47 Å². The van der Waals surface area contributed by atoms with Crippen molar-refractivity contribution >= 4 is 0 Å². The monoisotopic (exact) mass is 307 g/mol. The van der Waals surface area contributed by atoms with Crippen molar-refractivity contribution in [1.29, 1.82) is 0 Å². The van der Waals surface area contributed by atoms with Crippen molar-refractivity contribution in [1.82, 2.24) is 4.90 Å². The van der Waals surface area contributed by atoms with Crippen molar-refractivity contribution in [2.45, 2.75) is 32.9 Å². The van der Waals surface area contributed by atoms with Crippen molar-refractivity contribution < 1.29 is 14.6 Å². The van der Waals surface area contributed by atoms with Crippen LogP contribution in [0.4, 0.5) is 0 Å². The summed E-state index contributed by atoms with van der Waals surface area (Å²) in [6, 6.07) is 5.92. The highest BCUT2D eigenvalue weighted by Gasteiger charge is 2.21. The molecule has 4 nitrogen and oxygen atoms in total. The highest BCUT2D eigenvalue weighted by atomic mass is 16.5. The predicted octanol–water partition coefficient (Wildman–Crippen LogP) is 3.10. The van der Waals surface area contributed by atoms with Crippen molar-refractivity contribution in [3.8, 4) is 11.5 Å². The molecule has 1 rings (SSSR count). The lowest BCUT2D eigenvalue weighted by atomic mass is 10.0. The Morgan fingerprint density at radius 1 is 1.27 bits per heavy atom. The smallest absolute Gasteiger partial charge is 0.161 e. The zero-order valence-electron chi connectivity index (χ0n) is 14.4. The van der Waals surface area contributed by atoms with E-state index in [-0.39, 0.29) is 0 Å². The second-order valence-electron chi connectivity index (χ2n) is 6.31. The van der Waals surface area contributed by atoms with Crippen molar-refractivity contribution in [3.63, 3.8) is 0 Å². The first kappa shape index (κ1) is 18.5. The van der Waals surface area contributed by atoms with Gasteiger partial charge in [0.15, 0.2) is 11.5 Å². The SMILES string of the molecule is C=C[C@](C)(O)CN(Cc1ccc(OC)c(OC)c1)CC(C)C. The van der Waals surface area contributed by atoms with E-state index >= 15 is 0 Å². The van der Waals surface area contributed by atoms with Crippen LogP contribution in [-0.4, -0.2) is 42.9 Å². The Bertz CT molecular complexity index is 483. The molecule has 0 radical (unpaired) electrons. The first-order chi connectivity index (χ1) is 10.3. The van der Waals surface area contributed by atoms with E-state index in [2.05, 4.69) is 25.3 Å². The van der Waals surface area contributed by atoms with E-state index in [1.165, 1.54) is 0 Å². The highest BCUT2D eigenvalue weighted by Crippen LogP contribution is 2.28. The fourth-order valence-electron chi connectivity index (χ4n) is 2.46.